The van der Waals surface area contributed by atoms with E-state index in [9.17, 15) is 14.7 Å². The molecule has 1 heterocycles. The second kappa shape index (κ2) is 6.13. The molecule has 0 saturated heterocycles. The zero-order valence-corrected chi connectivity index (χ0v) is 12.6. The monoisotopic (exact) mass is 291 g/mol. The van der Waals surface area contributed by atoms with Crippen molar-refractivity contribution in [2.24, 2.45) is 0 Å². The molecule has 1 aliphatic rings. The molecule has 1 aromatic rings. The predicted molar refractivity (Wildman–Crippen MR) is 81.4 cm³/mol. The first-order valence-corrected chi connectivity index (χ1v) is 7.10. The molecule has 2 amide bonds. The molecule has 0 spiro atoms. The minimum absolute atomic E-state index is 0.0377. The molecule has 2 rings (SSSR count). The highest BCUT2D eigenvalue weighted by Gasteiger charge is 2.33. The van der Waals surface area contributed by atoms with Crippen LogP contribution >= 0.6 is 0 Å². The number of hydrogen-bond acceptors (Lipinski definition) is 4. The Morgan fingerprint density at radius 1 is 1.43 bits per heavy atom. The normalized spacial score (nSPS) is 16.9. The SMILES string of the molecule is CCNC(=O)CN(CC)c1ccc2c(c1)N(C)C(=O)C2O. The fraction of sp³-hybridized carbons (Fsp3) is 0.467. The third kappa shape index (κ3) is 2.85. The topological polar surface area (TPSA) is 72.9 Å². The number of anilines is 2. The van der Waals surface area contributed by atoms with E-state index in [1.165, 1.54) is 4.90 Å². The van der Waals surface area contributed by atoms with Gasteiger partial charge >= 0.3 is 0 Å². The Kier molecular flexibility index (Phi) is 4.47. The van der Waals surface area contributed by atoms with Crippen LogP contribution in [0.3, 0.4) is 0 Å². The van der Waals surface area contributed by atoms with Crippen LogP contribution in [0.2, 0.25) is 0 Å². The van der Waals surface area contributed by atoms with E-state index >= 15 is 0 Å². The summed E-state index contributed by atoms with van der Waals surface area (Å²) in [6.07, 6.45) is -1.09. The zero-order valence-electron chi connectivity index (χ0n) is 12.6. The molecular formula is C15H21N3O3. The lowest BCUT2D eigenvalue weighted by atomic mass is 10.1. The summed E-state index contributed by atoms with van der Waals surface area (Å²) < 4.78 is 0. The summed E-state index contributed by atoms with van der Waals surface area (Å²) in [6, 6.07) is 5.42. The van der Waals surface area contributed by atoms with Crippen molar-refractivity contribution in [3.05, 3.63) is 23.8 Å². The smallest absolute Gasteiger partial charge is 0.260 e. The molecule has 114 valence electrons. The van der Waals surface area contributed by atoms with E-state index in [0.29, 0.717) is 24.3 Å². The Hall–Kier alpha value is -2.08. The second-order valence-electron chi connectivity index (χ2n) is 5.01. The number of nitrogens with one attached hydrogen (secondary N) is 1. The Labute approximate surface area is 124 Å². The first-order valence-electron chi connectivity index (χ1n) is 7.10. The number of carbonyl (C=O) groups excluding carboxylic acids is 2. The minimum Gasteiger partial charge on any atom is -0.378 e. The summed E-state index contributed by atoms with van der Waals surface area (Å²) in [7, 11) is 1.64. The maximum atomic E-state index is 11.8. The third-order valence-corrected chi connectivity index (χ3v) is 3.69. The van der Waals surface area contributed by atoms with Crippen LogP contribution in [0.25, 0.3) is 0 Å². The Morgan fingerprint density at radius 2 is 2.14 bits per heavy atom. The average molecular weight is 291 g/mol. The summed E-state index contributed by atoms with van der Waals surface area (Å²) in [6.45, 7) is 5.39. The van der Waals surface area contributed by atoms with Gasteiger partial charge in [0.25, 0.3) is 5.91 Å². The van der Waals surface area contributed by atoms with Crippen LogP contribution in [-0.2, 0) is 9.59 Å². The van der Waals surface area contributed by atoms with Crippen LogP contribution in [0.15, 0.2) is 18.2 Å². The van der Waals surface area contributed by atoms with Gasteiger partial charge in [0.15, 0.2) is 6.10 Å². The number of amides is 2. The maximum absolute atomic E-state index is 11.8. The molecule has 1 aromatic carbocycles. The summed E-state index contributed by atoms with van der Waals surface area (Å²) in [5.74, 6) is -0.363. The molecular weight excluding hydrogens is 270 g/mol. The molecule has 0 radical (unpaired) electrons. The second-order valence-corrected chi connectivity index (χ2v) is 5.01. The van der Waals surface area contributed by atoms with Crippen molar-refractivity contribution in [2.75, 3.05) is 36.5 Å². The van der Waals surface area contributed by atoms with Gasteiger partial charge in [0.05, 0.1) is 12.2 Å². The minimum atomic E-state index is -1.09. The Morgan fingerprint density at radius 3 is 2.76 bits per heavy atom. The van der Waals surface area contributed by atoms with E-state index in [2.05, 4.69) is 5.32 Å². The number of likely N-dealkylation sites (N-methyl/N-ethyl adjacent to an activating group) is 3. The summed E-state index contributed by atoms with van der Waals surface area (Å²) in [4.78, 5) is 26.9. The van der Waals surface area contributed by atoms with Crippen LogP contribution in [0.1, 0.15) is 25.5 Å². The molecule has 1 atom stereocenters. The number of aliphatic hydroxyl groups excluding tert-OH is 1. The van der Waals surface area contributed by atoms with E-state index < -0.39 is 6.10 Å². The van der Waals surface area contributed by atoms with Crippen LogP contribution in [-0.4, -0.2) is 43.6 Å². The number of fused-ring (bicyclic) bond motifs is 1. The zero-order chi connectivity index (χ0) is 15.6. The van der Waals surface area contributed by atoms with Crippen molar-refractivity contribution in [1.29, 1.82) is 0 Å². The molecule has 21 heavy (non-hydrogen) atoms. The van der Waals surface area contributed by atoms with Crippen molar-refractivity contribution in [2.45, 2.75) is 20.0 Å². The van der Waals surface area contributed by atoms with E-state index in [1.54, 1.807) is 13.1 Å². The highest BCUT2D eigenvalue weighted by atomic mass is 16.3. The molecule has 6 heteroatoms. The van der Waals surface area contributed by atoms with Crippen molar-refractivity contribution in [3.8, 4) is 0 Å². The molecule has 6 nitrogen and oxygen atoms in total. The summed E-state index contributed by atoms with van der Waals surface area (Å²) >= 11 is 0. The van der Waals surface area contributed by atoms with Gasteiger partial charge in [-0.2, -0.15) is 0 Å². The number of carbonyl (C=O) groups is 2. The van der Waals surface area contributed by atoms with Gasteiger partial charge < -0.3 is 20.2 Å². The van der Waals surface area contributed by atoms with Gasteiger partial charge in [-0.05, 0) is 26.0 Å². The molecule has 1 unspecified atom stereocenters. The van der Waals surface area contributed by atoms with E-state index in [-0.39, 0.29) is 18.4 Å². The highest BCUT2D eigenvalue weighted by molar-refractivity contribution is 6.04. The van der Waals surface area contributed by atoms with Crippen LogP contribution < -0.4 is 15.1 Å². The van der Waals surface area contributed by atoms with Gasteiger partial charge in [0.2, 0.25) is 5.91 Å². The predicted octanol–water partition coefficient (Wildman–Crippen LogP) is 0.659. The van der Waals surface area contributed by atoms with Crippen LogP contribution in [0.4, 0.5) is 11.4 Å². The molecule has 1 aliphatic heterocycles. The van der Waals surface area contributed by atoms with Crippen LogP contribution in [0.5, 0.6) is 0 Å². The van der Waals surface area contributed by atoms with Gasteiger partial charge in [-0.15, -0.1) is 0 Å². The van der Waals surface area contributed by atoms with E-state index in [1.807, 2.05) is 30.9 Å². The highest BCUT2D eigenvalue weighted by Crippen LogP contribution is 2.37. The molecule has 0 saturated carbocycles. The number of nitrogens with zero attached hydrogens (tertiary/aromatic N) is 2. The standard InChI is InChI=1S/C15H21N3O3/c1-4-16-13(19)9-18(5-2)10-6-7-11-12(8-10)17(3)15(21)14(11)20/h6-8,14,20H,4-5,9H2,1-3H3,(H,16,19). The van der Waals surface area contributed by atoms with Gasteiger partial charge in [-0.3, -0.25) is 9.59 Å². The van der Waals surface area contributed by atoms with E-state index in [4.69, 9.17) is 0 Å². The lowest BCUT2D eigenvalue weighted by molar-refractivity contribution is -0.125. The van der Waals surface area contributed by atoms with Crippen molar-refractivity contribution in [3.63, 3.8) is 0 Å². The van der Waals surface area contributed by atoms with Crippen molar-refractivity contribution < 1.29 is 14.7 Å². The molecule has 0 bridgehead atoms. The molecule has 0 fully saturated rings. The summed E-state index contributed by atoms with van der Waals surface area (Å²) in [5, 5.41) is 12.6. The maximum Gasteiger partial charge on any atom is 0.260 e. The van der Waals surface area contributed by atoms with Crippen molar-refractivity contribution in [1.82, 2.24) is 5.32 Å². The number of benzene rings is 1. The van der Waals surface area contributed by atoms with Gasteiger partial charge in [0, 0.05) is 31.4 Å². The third-order valence-electron chi connectivity index (χ3n) is 3.69. The Balaban J connectivity index is 2.25. The Bertz CT molecular complexity index is 559. The van der Waals surface area contributed by atoms with Crippen LogP contribution in [0, 0.1) is 0 Å². The fourth-order valence-electron chi connectivity index (χ4n) is 2.50. The molecule has 0 aromatic heterocycles. The lowest BCUT2D eigenvalue weighted by Crippen LogP contribution is -2.37. The molecule has 2 N–H and O–H groups in total. The summed E-state index contributed by atoms with van der Waals surface area (Å²) in [5.41, 5.74) is 2.16. The molecule has 0 aliphatic carbocycles. The van der Waals surface area contributed by atoms with Crippen molar-refractivity contribution >= 4 is 23.2 Å². The quantitative estimate of drug-likeness (QED) is 0.836. The number of rotatable bonds is 5. The van der Waals surface area contributed by atoms with Gasteiger partial charge in [0.1, 0.15) is 0 Å². The average Bonchev–Trinajstić information content (AvgIpc) is 2.69. The fourth-order valence-corrected chi connectivity index (χ4v) is 2.50. The largest absolute Gasteiger partial charge is 0.378 e. The number of aliphatic hydroxyl groups is 1. The van der Waals surface area contributed by atoms with E-state index in [0.717, 1.165) is 5.69 Å². The first-order chi connectivity index (χ1) is 9.99. The first kappa shape index (κ1) is 15.3. The van der Waals surface area contributed by atoms with Gasteiger partial charge in [-0.1, -0.05) is 6.07 Å². The number of hydrogen-bond donors (Lipinski definition) is 2. The van der Waals surface area contributed by atoms with Gasteiger partial charge in [-0.25, -0.2) is 0 Å². The lowest BCUT2D eigenvalue weighted by Gasteiger charge is -2.23.